The number of likely N-dealkylation sites (N-methyl/N-ethyl adjacent to an activating group) is 1. The normalized spacial score (nSPS) is 22.5. The number of likely N-dealkylation sites (tertiary alicyclic amines) is 1. The topological polar surface area (TPSA) is 87.4 Å². The van der Waals surface area contributed by atoms with Crippen molar-refractivity contribution in [3.8, 4) is 0 Å². The summed E-state index contributed by atoms with van der Waals surface area (Å²) in [6.07, 6.45) is 6.35. The zero-order valence-corrected chi connectivity index (χ0v) is 15.5. The van der Waals surface area contributed by atoms with E-state index in [0.717, 1.165) is 24.0 Å². The van der Waals surface area contributed by atoms with Gasteiger partial charge in [0, 0.05) is 39.1 Å². The summed E-state index contributed by atoms with van der Waals surface area (Å²) in [4.78, 5) is 18.2. The van der Waals surface area contributed by atoms with Gasteiger partial charge in [-0.15, -0.1) is 10.2 Å². The third-order valence-corrected chi connectivity index (χ3v) is 5.22. The maximum atomic E-state index is 11.7. The molecule has 2 fully saturated rings. The first-order valence-corrected chi connectivity index (χ1v) is 9.19. The van der Waals surface area contributed by atoms with Gasteiger partial charge in [-0.2, -0.15) is 0 Å². The number of carbonyl (C=O) groups excluding carboxylic acids is 1. The van der Waals surface area contributed by atoms with Crippen LogP contribution in [0.25, 0.3) is 0 Å². The summed E-state index contributed by atoms with van der Waals surface area (Å²) in [5.74, 6) is 2.77. The van der Waals surface area contributed by atoms with E-state index in [-0.39, 0.29) is 11.9 Å². The first-order valence-electron chi connectivity index (χ1n) is 9.19. The Balaban J connectivity index is 1.66. The van der Waals surface area contributed by atoms with Crippen LogP contribution in [-0.4, -0.2) is 57.2 Å². The van der Waals surface area contributed by atoms with Crippen LogP contribution < -0.4 is 10.6 Å². The predicted molar refractivity (Wildman–Crippen MR) is 96.1 cm³/mol. The lowest BCUT2D eigenvalue weighted by Gasteiger charge is -2.31. The highest BCUT2D eigenvalue weighted by Crippen LogP contribution is 2.18. The molecule has 1 aromatic heterocycles. The van der Waals surface area contributed by atoms with Crippen LogP contribution >= 0.6 is 0 Å². The lowest BCUT2D eigenvalue weighted by atomic mass is 10.1. The fourth-order valence-corrected chi connectivity index (χ4v) is 3.46. The Morgan fingerprint density at radius 1 is 1.16 bits per heavy atom. The van der Waals surface area contributed by atoms with Crippen molar-refractivity contribution in [3.05, 3.63) is 11.6 Å². The van der Waals surface area contributed by atoms with Crippen LogP contribution in [0.5, 0.6) is 0 Å². The number of nitrogens with one attached hydrogen (secondary N) is 2. The Bertz CT molecular complexity index is 633. The molecular weight excluding hydrogens is 318 g/mol. The molecule has 1 aromatic rings. The van der Waals surface area contributed by atoms with Crippen molar-refractivity contribution in [1.82, 2.24) is 30.3 Å². The molecule has 1 amide bonds. The maximum absolute atomic E-state index is 11.7. The van der Waals surface area contributed by atoms with E-state index in [0.29, 0.717) is 25.6 Å². The maximum Gasteiger partial charge on any atom is 0.222 e. The average Bonchev–Trinajstić information content (AvgIpc) is 3.20. The minimum Gasteiger partial charge on any atom is -0.354 e. The molecule has 3 rings (SSSR count). The first-order chi connectivity index (χ1) is 12.0. The lowest BCUT2D eigenvalue weighted by Crippen LogP contribution is -2.53. The van der Waals surface area contributed by atoms with Gasteiger partial charge in [-0.3, -0.25) is 4.79 Å². The quantitative estimate of drug-likeness (QED) is 0.619. The van der Waals surface area contributed by atoms with E-state index in [1.807, 2.05) is 25.6 Å². The summed E-state index contributed by atoms with van der Waals surface area (Å²) in [5.41, 5.74) is 0. The van der Waals surface area contributed by atoms with Crippen LogP contribution in [0, 0.1) is 6.92 Å². The van der Waals surface area contributed by atoms with Gasteiger partial charge in [0.05, 0.1) is 0 Å². The summed E-state index contributed by atoms with van der Waals surface area (Å²) in [7, 11) is 3.82. The van der Waals surface area contributed by atoms with Gasteiger partial charge in [0.15, 0.2) is 11.8 Å². The predicted octanol–water partition coefficient (Wildman–Crippen LogP) is 0.722. The van der Waals surface area contributed by atoms with Crippen molar-refractivity contribution < 1.29 is 4.79 Å². The molecule has 1 aliphatic heterocycles. The van der Waals surface area contributed by atoms with Crippen molar-refractivity contribution in [2.24, 2.45) is 12.0 Å². The molecule has 2 heterocycles. The van der Waals surface area contributed by atoms with E-state index in [4.69, 9.17) is 4.99 Å². The number of piperidine rings is 1. The van der Waals surface area contributed by atoms with E-state index in [9.17, 15) is 4.79 Å². The molecule has 1 saturated carbocycles. The molecule has 138 valence electrons. The Morgan fingerprint density at radius 2 is 1.88 bits per heavy atom. The van der Waals surface area contributed by atoms with E-state index in [1.54, 1.807) is 4.90 Å². The molecular formula is C17H29N7O. The molecule has 8 nitrogen and oxygen atoms in total. The minimum absolute atomic E-state index is 0.217. The Labute approximate surface area is 149 Å². The second kappa shape index (κ2) is 7.84. The number of rotatable bonds is 4. The molecule has 1 unspecified atom stereocenters. The molecule has 0 bridgehead atoms. The molecule has 2 N–H and O–H groups in total. The van der Waals surface area contributed by atoms with Crippen LogP contribution in [0.4, 0.5) is 0 Å². The van der Waals surface area contributed by atoms with Gasteiger partial charge in [-0.05, 0) is 26.2 Å². The van der Waals surface area contributed by atoms with Crippen molar-refractivity contribution in [2.75, 3.05) is 13.6 Å². The van der Waals surface area contributed by atoms with Crippen molar-refractivity contribution in [3.63, 3.8) is 0 Å². The largest absolute Gasteiger partial charge is 0.354 e. The van der Waals surface area contributed by atoms with Gasteiger partial charge in [0.25, 0.3) is 0 Å². The SMILES string of the molecule is Cc1nnc(CN=C(NC2CCCC2)NC2CCC(=O)N(C)C2)n1C. The number of amides is 1. The smallest absolute Gasteiger partial charge is 0.222 e. The number of aromatic nitrogens is 3. The van der Waals surface area contributed by atoms with Crippen molar-refractivity contribution in [1.29, 1.82) is 0 Å². The number of nitrogens with zero attached hydrogens (tertiary/aromatic N) is 5. The second-order valence-electron chi connectivity index (χ2n) is 7.17. The number of hydrogen-bond acceptors (Lipinski definition) is 4. The summed E-state index contributed by atoms with van der Waals surface area (Å²) >= 11 is 0. The first kappa shape index (κ1) is 17.7. The van der Waals surface area contributed by atoms with Crippen molar-refractivity contribution >= 4 is 11.9 Å². The fraction of sp³-hybridized carbons (Fsp3) is 0.765. The molecule has 8 heteroatoms. The number of hydrogen-bond donors (Lipinski definition) is 2. The highest BCUT2D eigenvalue weighted by Gasteiger charge is 2.24. The molecule has 2 aliphatic rings. The highest BCUT2D eigenvalue weighted by atomic mass is 16.2. The van der Waals surface area contributed by atoms with Gasteiger partial charge in [0.1, 0.15) is 12.4 Å². The molecule has 1 aliphatic carbocycles. The minimum atomic E-state index is 0.217. The van der Waals surface area contributed by atoms with E-state index >= 15 is 0 Å². The van der Waals surface area contributed by atoms with Gasteiger partial charge >= 0.3 is 0 Å². The fourth-order valence-electron chi connectivity index (χ4n) is 3.46. The van der Waals surface area contributed by atoms with Gasteiger partial charge in [-0.1, -0.05) is 12.8 Å². The van der Waals surface area contributed by atoms with Crippen LogP contribution in [0.3, 0.4) is 0 Å². The zero-order chi connectivity index (χ0) is 17.8. The summed E-state index contributed by atoms with van der Waals surface area (Å²) in [6, 6.07) is 0.715. The van der Waals surface area contributed by atoms with Crippen LogP contribution in [0.1, 0.15) is 50.2 Å². The third-order valence-electron chi connectivity index (χ3n) is 5.22. The molecule has 1 saturated heterocycles. The number of aryl methyl sites for hydroxylation is 1. The molecule has 25 heavy (non-hydrogen) atoms. The summed E-state index contributed by atoms with van der Waals surface area (Å²) in [5, 5.41) is 15.4. The number of aliphatic imine (C=N–C) groups is 1. The van der Waals surface area contributed by atoms with Gasteiger partial charge in [0.2, 0.25) is 5.91 Å². The molecule has 1 atom stereocenters. The second-order valence-corrected chi connectivity index (χ2v) is 7.17. The van der Waals surface area contributed by atoms with Crippen LogP contribution in [0.15, 0.2) is 4.99 Å². The van der Waals surface area contributed by atoms with E-state index in [1.165, 1.54) is 25.7 Å². The Kier molecular flexibility index (Phi) is 5.55. The highest BCUT2D eigenvalue weighted by molar-refractivity contribution is 5.81. The number of guanidine groups is 1. The van der Waals surface area contributed by atoms with Crippen LogP contribution in [-0.2, 0) is 18.4 Å². The zero-order valence-electron chi connectivity index (χ0n) is 15.5. The molecule has 0 aromatic carbocycles. The van der Waals surface area contributed by atoms with Crippen LogP contribution in [0.2, 0.25) is 0 Å². The average molecular weight is 347 g/mol. The molecule has 0 spiro atoms. The standard InChI is InChI=1S/C17H29N7O/c1-12-21-22-15(24(12)3)10-18-17(19-13-6-4-5-7-13)20-14-8-9-16(25)23(2)11-14/h13-14H,4-11H2,1-3H3,(H2,18,19,20). The Morgan fingerprint density at radius 3 is 2.52 bits per heavy atom. The number of carbonyl (C=O) groups is 1. The molecule has 0 radical (unpaired) electrons. The van der Waals surface area contributed by atoms with Crippen molar-refractivity contribution in [2.45, 2.75) is 64.1 Å². The van der Waals surface area contributed by atoms with Gasteiger partial charge in [-0.25, -0.2) is 4.99 Å². The summed E-state index contributed by atoms with van der Waals surface area (Å²) < 4.78 is 1.96. The van der Waals surface area contributed by atoms with E-state index < -0.39 is 0 Å². The lowest BCUT2D eigenvalue weighted by molar-refractivity contribution is -0.132. The summed E-state index contributed by atoms with van der Waals surface area (Å²) in [6.45, 7) is 3.14. The van der Waals surface area contributed by atoms with E-state index in [2.05, 4.69) is 20.8 Å². The Hall–Kier alpha value is -2.12. The third kappa shape index (κ3) is 4.49. The van der Waals surface area contributed by atoms with Gasteiger partial charge < -0.3 is 20.1 Å². The monoisotopic (exact) mass is 347 g/mol.